The molecule has 1 aliphatic heterocycles. The standard InChI is InChI=1S/C36H38ClN5O4Si/c1-20(2)47(4,5)46-25-13-14-42(19-25)24-11-12-27-31(16-24)41-33-32(27)29(18-40-34(33)35(38)43)26-7-6-8-30(21(26)3)39-17-22-9-10-23(37)15-28(22)36(44)45/h6-12,15-16,18,25,39,41H,1,13-14,17,19H2,2-5H3,(H2,38,43)(H,44,45). The second-order valence-electron chi connectivity index (χ2n) is 12.7. The number of nitrogens with one attached hydrogen (secondary N) is 2. The van der Waals surface area contributed by atoms with Gasteiger partial charge in [0.15, 0.2) is 5.69 Å². The number of benzene rings is 3. The number of fused-ring (bicyclic) bond motifs is 3. The minimum atomic E-state index is -1.95. The maximum absolute atomic E-state index is 12.5. The Balaban J connectivity index is 1.36. The predicted octanol–water partition coefficient (Wildman–Crippen LogP) is 7.67. The van der Waals surface area contributed by atoms with Crippen LogP contribution in [0.2, 0.25) is 18.1 Å². The first-order chi connectivity index (χ1) is 22.3. The minimum absolute atomic E-state index is 0.152. The number of aromatic carboxylic acids is 1. The average molecular weight is 668 g/mol. The third-order valence-corrected chi connectivity index (χ3v) is 12.5. The Bertz CT molecular complexity index is 2070. The number of aromatic nitrogens is 2. The van der Waals surface area contributed by atoms with Crippen LogP contribution in [-0.2, 0) is 11.0 Å². The van der Waals surface area contributed by atoms with Gasteiger partial charge >= 0.3 is 5.97 Å². The molecule has 1 fully saturated rings. The van der Waals surface area contributed by atoms with Crippen LogP contribution in [0, 0.1) is 6.92 Å². The van der Waals surface area contributed by atoms with Crippen LogP contribution in [0.15, 0.2) is 72.6 Å². The molecule has 0 aliphatic carbocycles. The molecule has 0 radical (unpaired) electrons. The van der Waals surface area contributed by atoms with Gasteiger partial charge in [0.2, 0.25) is 8.32 Å². The molecule has 9 nitrogen and oxygen atoms in total. The lowest BCUT2D eigenvalue weighted by Gasteiger charge is -2.28. The van der Waals surface area contributed by atoms with Crippen molar-refractivity contribution in [3.8, 4) is 11.1 Å². The first-order valence-corrected chi connectivity index (χ1v) is 18.8. The molecule has 3 aromatic carbocycles. The number of primary amides is 1. The number of nitrogens with two attached hydrogens (primary N) is 1. The molecule has 1 unspecified atom stereocenters. The van der Waals surface area contributed by atoms with Gasteiger partial charge in [-0.2, -0.15) is 0 Å². The fourth-order valence-corrected chi connectivity index (χ4v) is 7.68. The van der Waals surface area contributed by atoms with Gasteiger partial charge in [-0.3, -0.25) is 4.79 Å². The molecule has 2 aromatic heterocycles. The highest BCUT2D eigenvalue weighted by Gasteiger charge is 2.32. The van der Waals surface area contributed by atoms with E-state index in [1.54, 1.807) is 18.3 Å². The van der Waals surface area contributed by atoms with Crippen LogP contribution < -0.4 is 16.0 Å². The largest absolute Gasteiger partial charge is 0.478 e. The Kier molecular flexibility index (Phi) is 8.60. The molecule has 47 heavy (non-hydrogen) atoms. The number of allylic oxidation sites excluding steroid dienone is 1. The van der Waals surface area contributed by atoms with E-state index >= 15 is 0 Å². The number of halogens is 1. The monoisotopic (exact) mass is 667 g/mol. The molecule has 1 amide bonds. The van der Waals surface area contributed by atoms with Gasteiger partial charge in [-0.15, -0.1) is 6.58 Å². The highest BCUT2D eigenvalue weighted by molar-refractivity contribution is 6.78. The number of H-pyrrole nitrogens is 1. The molecule has 6 rings (SSSR count). The van der Waals surface area contributed by atoms with E-state index in [1.165, 1.54) is 6.07 Å². The average Bonchev–Trinajstić information content (AvgIpc) is 3.64. The Labute approximate surface area is 279 Å². The second kappa shape index (κ2) is 12.5. The van der Waals surface area contributed by atoms with Crippen molar-refractivity contribution in [2.24, 2.45) is 5.73 Å². The molecule has 0 saturated carbocycles. The number of carboxylic acid groups (broad SMARTS) is 1. The molecular weight excluding hydrogens is 630 g/mol. The van der Waals surface area contributed by atoms with E-state index < -0.39 is 20.2 Å². The Morgan fingerprint density at radius 1 is 1.19 bits per heavy atom. The Morgan fingerprint density at radius 3 is 2.70 bits per heavy atom. The molecule has 1 saturated heterocycles. The van der Waals surface area contributed by atoms with Crippen LogP contribution >= 0.6 is 11.6 Å². The smallest absolute Gasteiger partial charge is 0.336 e. The van der Waals surface area contributed by atoms with E-state index in [1.807, 2.05) is 25.1 Å². The maximum Gasteiger partial charge on any atom is 0.336 e. The molecule has 11 heteroatoms. The molecule has 0 spiro atoms. The summed E-state index contributed by atoms with van der Waals surface area (Å²) >= 11 is 6.05. The van der Waals surface area contributed by atoms with Gasteiger partial charge in [0.25, 0.3) is 5.91 Å². The van der Waals surface area contributed by atoms with Gasteiger partial charge in [0.1, 0.15) is 0 Å². The highest BCUT2D eigenvalue weighted by Crippen LogP contribution is 2.40. The van der Waals surface area contributed by atoms with Crippen molar-refractivity contribution in [1.82, 2.24) is 9.97 Å². The van der Waals surface area contributed by atoms with Crippen LogP contribution in [-0.4, -0.2) is 54.5 Å². The third kappa shape index (κ3) is 6.24. The van der Waals surface area contributed by atoms with E-state index in [0.29, 0.717) is 22.6 Å². The number of carbonyl (C=O) groups is 2. The summed E-state index contributed by atoms with van der Waals surface area (Å²) in [5.41, 5.74) is 12.8. The zero-order valence-electron chi connectivity index (χ0n) is 26.9. The molecule has 0 bridgehead atoms. The van der Waals surface area contributed by atoms with Crippen molar-refractivity contribution in [2.75, 3.05) is 23.3 Å². The zero-order chi connectivity index (χ0) is 33.6. The topological polar surface area (TPSA) is 134 Å². The number of amides is 1. The van der Waals surface area contributed by atoms with Crippen molar-refractivity contribution in [3.05, 3.63) is 100.0 Å². The van der Waals surface area contributed by atoms with Crippen LogP contribution in [0.25, 0.3) is 32.9 Å². The number of pyridine rings is 1. The predicted molar refractivity (Wildman–Crippen MR) is 192 cm³/mol. The van der Waals surface area contributed by atoms with E-state index in [9.17, 15) is 14.7 Å². The van der Waals surface area contributed by atoms with E-state index in [-0.39, 0.29) is 17.4 Å². The van der Waals surface area contributed by atoms with Crippen molar-refractivity contribution in [1.29, 1.82) is 0 Å². The second-order valence-corrected chi connectivity index (χ2v) is 17.2. The van der Waals surface area contributed by atoms with Crippen LogP contribution in [0.5, 0.6) is 0 Å². The summed E-state index contributed by atoms with van der Waals surface area (Å²) in [4.78, 5) is 34.6. The number of hydrogen-bond acceptors (Lipinski definition) is 6. The number of nitrogens with zero attached hydrogens (tertiary/aromatic N) is 2. The SMILES string of the molecule is C=C(C)[Si](C)(C)OC1CCN(c2ccc3c(c2)[nH]c2c(C(N)=O)ncc(-c4cccc(NCc5ccc(Cl)cc5C(=O)O)c4C)c23)C1. The normalized spacial score (nSPS) is 15.0. The number of carboxylic acids is 1. The first-order valence-electron chi connectivity index (χ1n) is 15.5. The molecular formula is C36H38ClN5O4Si. The summed E-state index contributed by atoms with van der Waals surface area (Å²) in [5.74, 6) is -1.65. The number of hydrogen-bond donors (Lipinski definition) is 4. The third-order valence-electron chi connectivity index (χ3n) is 9.24. The number of carbonyl (C=O) groups excluding carboxylic acids is 1. The van der Waals surface area contributed by atoms with Gasteiger partial charge in [0.05, 0.1) is 17.2 Å². The van der Waals surface area contributed by atoms with E-state index in [2.05, 4.69) is 65.0 Å². The fourth-order valence-electron chi connectivity index (χ4n) is 6.28. The molecule has 3 heterocycles. The summed E-state index contributed by atoms with van der Waals surface area (Å²) in [7, 11) is -1.95. The quantitative estimate of drug-likeness (QED) is 0.112. The molecule has 1 atom stereocenters. The van der Waals surface area contributed by atoms with E-state index in [0.717, 1.165) is 69.1 Å². The first kappa shape index (κ1) is 32.3. The summed E-state index contributed by atoms with van der Waals surface area (Å²) in [6, 6.07) is 17.1. The van der Waals surface area contributed by atoms with Gasteiger partial charge in [-0.05, 0) is 80.4 Å². The van der Waals surface area contributed by atoms with Crippen LogP contribution in [0.4, 0.5) is 11.4 Å². The summed E-state index contributed by atoms with van der Waals surface area (Å²) < 4.78 is 6.53. The lowest BCUT2D eigenvalue weighted by molar-refractivity contribution is 0.0695. The fraction of sp³-hybridized carbons (Fsp3) is 0.250. The Morgan fingerprint density at radius 2 is 1.98 bits per heavy atom. The minimum Gasteiger partial charge on any atom is -0.478 e. The molecule has 5 N–H and O–H groups in total. The maximum atomic E-state index is 12.5. The van der Waals surface area contributed by atoms with Crippen molar-refractivity contribution in [2.45, 2.75) is 46.0 Å². The Hall–Kier alpha value is -4.64. The van der Waals surface area contributed by atoms with Gasteiger partial charge in [0, 0.05) is 64.1 Å². The van der Waals surface area contributed by atoms with Gasteiger partial charge in [-0.25, -0.2) is 9.78 Å². The van der Waals surface area contributed by atoms with Crippen molar-refractivity contribution >= 4 is 65.0 Å². The summed E-state index contributed by atoms with van der Waals surface area (Å²) in [6.45, 7) is 14.6. The molecule has 5 aromatic rings. The van der Waals surface area contributed by atoms with Crippen molar-refractivity contribution < 1.29 is 19.1 Å². The van der Waals surface area contributed by atoms with Crippen LogP contribution in [0.1, 0.15) is 45.3 Å². The number of aromatic amines is 1. The number of anilines is 2. The highest BCUT2D eigenvalue weighted by atomic mass is 35.5. The summed E-state index contributed by atoms with van der Waals surface area (Å²) in [5, 5.41) is 16.4. The van der Waals surface area contributed by atoms with Gasteiger partial charge in [-0.1, -0.05) is 41.1 Å². The molecule has 242 valence electrons. The number of rotatable bonds is 10. The zero-order valence-corrected chi connectivity index (χ0v) is 28.7. The lowest BCUT2D eigenvalue weighted by Crippen LogP contribution is -2.38. The van der Waals surface area contributed by atoms with Gasteiger partial charge < -0.3 is 30.5 Å². The van der Waals surface area contributed by atoms with E-state index in [4.69, 9.17) is 21.8 Å². The van der Waals surface area contributed by atoms with Crippen molar-refractivity contribution in [3.63, 3.8) is 0 Å². The molecule has 1 aliphatic rings. The van der Waals surface area contributed by atoms with Crippen LogP contribution in [0.3, 0.4) is 0 Å². The summed E-state index contributed by atoms with van der Waals surface area (Å²) in [6.07, 6.45) is 2.81. The lowest BCUT2D eigenvalue weighted by atomic mass is 9.95.